The number of rotatable bonds is 6. The molecule has 1 saturated carbocycles. The second-order valence-electron chi connectivity index (χ2n) is 7.29. The lowest BCUT2D eigenvalue weighted by atomic mass is 10.1. The first-order valence-electron chi connectivity index (χ1n) is 9.42. The fourth-order valence-corrected chi connectivity index (χ4v) is 2.91. The van der Waals surface area contributed by atoms with Crippen LogP contribution in [0.5, 0.6) is 0 Å². The Morgan fingerprint density at radius 3 is 2.41 bits per heavy atom. The number of aromatic nitrogens is 2. The van der Waals surface area contributed by atoms with E-state index in [1.165, 1.54) is 37.0 Å². The van der Waals surface area contributed by atoms with Crippen molar-refractivity contribution in [1.29, 1.82) is 0 Å². The summed E-state index contributed by atoms with van der Waals surface area (Å²) in [5, 5.41) is 5.70. The Morgan fingerprint density at radius 2 is 1.79 bits per heavy atom. The Balaban J connectivity index is 1.61. The summed E-state index contributed by atoms with van der Waals surface area (Å²) < 4.78 is 2.27. The van der Waals surface area contributed by atoms with Crippen molar-refractivity contribution in [3.8, 4) is 0 Å². The maximum Gasteiger partial charge on any atom is 0.330 e. The molecule has 2 aromatic rings. The molecule has 2 amide bonds. The molecule has 1 unspecified atom stereocenters. The first-order valence-corrected chi connectivity index (χ1v) is 9.42. The molecule has 0 spiro atoms. The number of amides is 2. The van der Waals surface area contributed by atoms with Gasteiger partial charge in [0.25, 0.3) is 5.56 Å². The summed E-state index contributed by atoms with van der Waals surface area (Å²) in [4.78, 5) is 47.8. The van der Waals surface area contributed by atoms with Crippen LogP contribution in [0.1, 0.15) is 36.9 Å². The summed E-state index contributed by atoms with van der Waals surface area (Å²) in [5.74, 6) is -0.170. The topological polar surface area (TPSA) is 102 Å². The van der Waals surface area contributed by atoms with E-state index in [0.29, 0.717) is 0 Å². The first kappa shape index (κ1) is 20.3. The van der Waals surface area contributed by atoms with Crippen molar-refractivity contribution in [3.63, 3.8) is 0 Å². The van der Waals surface area contributed by atoms with E-state index in [4.69, 9.17) is 0 Å². The largest absolute Gasteiger partial charge is 0.346 e. The molecular weight excluding hydrogens is 372 g/mol. The van der Waals surface area contributed by atoms with Gasteiger partial charge in [-0.25, -0.2) is 4.79 Å². The van der Waals surface area contributed by atoms with Gasteiger partial charge in [-0.2, -0.15) is 0 Å². The number of anilines is 1. The summed E-state index contributed by atoms with van der Waals surface area (Å²) in [6.45, 7) is 1.84. The first-order chi connectivity index (χ1) is 13.8. The highest BCUT2D eigenvalue weighted by Gasteiger charge is 2.29. The predicted octanol–water partition coefficient (Wildman–Crippen LogP) is 1.32. The molecule has 1 atom stereocenters. The number of carbonyl (C=O) groups is 2. The molecule has 1 aliphatic rings. The van der Waals surface area contributed by atoms with E-state index in [1.807, 2.05) is 31.2 Å². The molecule has 3 rings (SSSR count). The Kier molecular flexibility index (Phi) is 5.81. The number of nitrogens with zero attached hydrogens (tertiary/aromatic N) is 2. The van der Waals surface area contributed by atoms with Crippen LogP contribution in [-0.2, 0) is 23.7 Å². The monoisotopic (exact) mass is 396 g/mol. The van der Waals surface area contributed by atoms with Crippen LogP contribution in [0.3, 0.4) is 0 Å². The lowest BCUT2D eigenvalue weighted by molar-refractivity contribution is -0.118. The van der Waals surface area contributed by atoms with Crippen molar-refractivity contribution >= 4 is 23.6 Å². The Bertz CT molecular complexity index is 1080. The summed E-state index contributed by atoms with van der Waals surface area (Å²) in [7, 11) is 2.93. The third-order valence-corrected chi connectivity index (χ3v) is 4.87. The van der Waals surface area contributed by atoms with Crippen LogP contribution in [0.15, 0.2) is 46.1 Å². The molecular formula is C21H24N4O4. The fraction of sp³-hybridized carbons (Fsp3) is 0.333. The molecule has 1 aliphatic carbocycles. The van der Waals surface area contributed by atoms with Crippen LogP contribution in [0.4, 0.5) is 5.69 Å². The number of hydrogen-bond acceptors (Lipinski definition) is 4. The van der Waals surface area contributed by atoms with E-state index < -0.39 is 11.2 Å². The summed E-state index contributed by atoms with van der Waals surface area (Å²) in [6, 6.07) is 7.05. The minimum Gasteiger partial charge on any atom is -0.346 e. The second kappa shape index (κ2) is 8.30. The number of carbonyl (C=O) groups excluding carboxylic acids is 2. The molecule has 0 bridgehead atoms. The average molecular weight is 396 g/mol. The zero-order valence-corrected chi connectivity index (χ0v) is 16.6. The van der Waals surface area contributed by atoms with Gasteiger partial charge in [0, 0.05) is 38.0 Å². The van der Waals surface area contributed by atoms with E-state index in [-0.39, 0.29) is 29.3 Å². The van der Waals surface area contributed by atoms with Gasteiger partial charge < -0.3 is 15.2 Å². The molecule has 8 nitrogen and oxygen atoms in total. The third-order valence-electron chi connectivity index (χ3n) is 4.87. The maximum atomic E-state index is 12.2. The van der Waals surface area contributed by atoms with Crippen LogP contribution in [-0.4, -0.2) is 20.9 Å². The van der Waals surface area contributed by atoms with Gasteiger partial charge in [0.05, 0.1) is 11.6 Å². The molecule has 1 aromatic carbocycles. The minimum atomic E-state index is -0.464. The van der Waals surface area contributed by atoms with Gasteiger partial charge in [0.1, 0.15) is 0 Å². The highest BCUT2D eigenvalue weighted by atomic mass is 16.2. The molecule has 1 fully saturated rings. The van der Waals surface area contributed by atoms with Gasteiger partial charge in [-0.1, -0.05) is 12.1 Å². The highest BCUT2D eigenvalue weighted by Crippen LogP contribution is 2.30. The molecule has 1 aromatic heterocycles. The van der Waals surface area contributed by atoms with Gasteiger partial charge in [-0.05, 0) is 43.5 Å². The minimum absolute atomic E-state index is 0.0498. The molecule has 1 heterocycles. The van der Waals surface area contributed by atoms with Gasteiger partial charge in [0.2, 0.25) is 11.8 Å². The normalized spacial score (nSPS) is 14.6. The second-order valence-corrected chi connectivity index (χ2v) is 7.29. The Morgan fingerprint density at radius 1 is 1.14 bits per heavy atom. The molecule has 152 valence electrons. The van der Waals surface area contributed by atoms with Crippen molar-refractivity contribution in [3.05, 3.63) is 68.5 Å². The van der Waals surface area contributed by atoms with E-state index in [9.17, 15) is 19.2 Å². The number of aryl methyl sites for hydroxylation is 1. The van der Waals surface area contributed by atoms with Crippen molar-refractivity contribution in [1.82, 2.24) is 14.5 Å². The van der Waals surface area contributed by atoms with Gasteiger partial charge in [-0.15, -0.1) is 0 Å². The standard InChI is InChI=1S/C21H24N4O4/c1-13(14-6-9-17(10-7-14)23-19(27)15-4-5-15)22-18(26)11-8-16-12-24(2)21(29)25(3)20(16)28/h6-13,15H,4-5H2,1-3H3,(H,22,26)(H,23,27)/b11-8+. The zero-order chi connectivity index (χ0) is 21.1. The van der Waals surface area contributed by atoms with Crippen LogP contribution < -0.4 is 21.9 Å². The Labute approximate surface area is 167 Å². The third kappa shape index (κ3) is 4.90. The summed E-state index contributed by atoms with van der Waals surface area (Å²) >= 11 is 0. The number of hydrogen-bond donors (Lipinski definition) is 2. The number of benzene rings is 1. The van der Waals surface area contributed by atoms with E-state index in [0.717, 1.165) is 28.7 Å². The smallest absolute Gasteiger partial charge is 0.330 e. The summed E-state index contributed by atoms with van der Waals surface area (Å²) in [6.07, 6.45) is 5.95. The van der Waals surface area contributed by atoms with E-state index >= 15 is 0 Å². The highest BCUT2D eigenvalue weighted by molar-refractivity contribution is 5.94. The van der Waals surface area contributed by atoms with E-state index in [1.54, 1.807) is 0 Å². The van der Waals surface area contributed by atoms with Crippen molar-refractivity contribution < 1.29 is 9.59 Å². The predicted molar refractivity (Wildman–Crippen MR) is 110 cm³/mol. The van der Waals surface area contributed by atoms with Crippen LogP contribution in [0.25, 0.3) is 6.08 Å². The van der Waals surface area contributed by atoms with Crippen molar-refractivity contribution in [2.24, 2.45) is 20.0 Å². The summed E-state index contributed by atoms with van der Waals surface area (Å²) in [5.41, 5.74) is 0.966. The van der Waals surface area contributed by atoms with Gasteiger partial charge >= 0.3 is 5.69 Å². The van der Waals surface area contributed by atoms with Crippen molar-refractivity contribution in [2.75, 3.05) is 5.32 Å². The van der Waals surface area contributed by atoms with Crippen molar-refractivity contribution in [2.45, 2.75) is 25.8 Å². The number of nitrogens with one attached hydrogen (secondary N) is 2. The molecule has 0 radical (unpaired) electrons. The van der Waals surface area contributed by atoms with Gasteiger partial charge in [0.15, 0.2) is 0 Å². The quantitative estimate of drug-likeness (QED) is 0.719. The fourth-order valence-electron chi connectivity index (χ4n) is 2.91. The van der Waals surface area contributed by atoms with Crippen LogP contribution >= 0.6 is 0 Å². The lowest BCUT2D eigenvalue weighted by Crippen LogP contribution is -2.37. The lowest BCUT2D eigenvalue weighted by Gasteiger charge is -2.14. The molecule has 0 aliphatic heterocycles. The molecule has 29 heavy (non-hydrogen) atoms. The zero-order valence-electron chi connectivity index (χ0n) is 16.6. The van der Waals surface area contributed by atoms with Crippen LogP contribution in [0.2, 0.25) is 0 Å². The maximum absolute atomic E-state index is 12.2. The SMILES string of the molecule is CC(NC(=O)/C=C/c1cn(C)c(=O)n(C)c1=O)c1ccc(NC(=O)C2CC2)cc1. The Hall–Kier alpha value is -3.42. The molecule has 8 heteroatoms. The van der Waals surface area contributed by atoms with E-state index in [2.05, 4.69) is 10.6 Å². The average Bonchev–Trinajstić information content (AvgIpc) is 3.54. The molecule has 2 N–H and O–H groups in total. The van der Waals surface area contributed by atoms with Gasteiger partial charge in [-0.3, -0.25) is 19.0 Å². The van der Waals surface area contributed by atoms with Crippen LogP contribution in [0, 0.1) is 5.92 Å². The molecule has 0 saturated heterocycles.